The van der Waals surface area contributed by atoms with Crippen molar-refractivity contribution in [3.8, 4) is 0 Å². The van der Waals surface area contributed by atoms with Crippen LogP contribution in [-0.2, 0) is 6.54 Å². The molecule has 0 unspecified atom stereocenters. The van der Waals surface area contributed by atoms with E-state index in [0.29, 0.717) is 0 Å². The van der Waals surface area contributed by atoms with E-state index in [2.05, 4.69) is 61.2 Å². The molecule has 2 heteroatoms. The largest absolute Gasteiger partial charge is 0.306 e. The molecule has 1 heterocycles. The summed E-state index contributed by atoms with van der Waals surface area (Å²) in [5, 5.41) is 0. The average Bonchev–Trinajstić information content (AvgIpc) is 2.30. The Morgan fingerprint density at radius 3 is 2.53 bits per heavy atom. The summed E-state index contributed by atoms with van der Waals surface area (Å²) in [7, 11) is 4.40. The number of hydrogen-bond donors (Lipinski definition) is 0. The van der Waals surface area contributed by atoms with Crippen LogP contribution in [0, 0.1) is 5.92 Å². The molecule has 1 fully saturated rings. The lowest BCUT2D eigenvalue weighted by Gasteiger charge is -2.40. The smallest absolute Gasteiger partial charge is 0.0233 e. The third-order valence-electron chi connectivity index (χ3n) is 3.86. The lowest BCUT2D eigenvalue weighted by atomic mass is 9.93. The van der Waals surface area contributed by atoms with Gasteiger partial charge in [0.25, 0.3) is 0 Å². The van der Waals surface area contributed by atoms with Gasteiger partial charge in [0.1, 0.15) is 0 Å². The van der Waals surface area contributed by atoms with E-state index in [0.717, 1.165) is 18.5 Å². The SMILES string of the molecule is C[C@@H]1CN(Cc2ccccc2)CC[C@@H]1N(C)C. The molecule has 2 rings (SSSR count). The molecular formula is C15H24N2. The van der Waals surface area contributed by atoms with Crippen molar-refractivity contribution < 1.29 is 0 Å². The highest BCUT2D eigenvalue weighted by molar-refractivity contribution is 5.14. The van der Waals surface area contributed by atoms with Crippen LogP contribution < -0.4 is 0 Å². The highest BCUT2D eigenvalue weighted by Gasteiger charge is 2.27. The van der Waals surface area contributed by atoms with Gasteiger partial charge in [-0.1, -0.05) is 37.3 Å². The summed E-state index contributed by atoms with van der Waals surface area (Å²) in [5.41, 5.74) is 1.43. The molecule has 2 nitrogen and oxygen atoms in total. The van der Waals surface area contributed by atoms with E-state index in [1.54, 1.807) is 0 Å². The van der Waals surface area contributed by atoms with Gasteiger partial charge in [-0.15, -0.1) is 0 Å². The Hall–Kier alpha value is -0.860. The van der Waals surface area contributed by atoms with Crippen LogP contribution in [0.2, 0.25) is 0 Å². The van der Waals surface area contributed by atoms with Crippen LogP contribution in [-0.4, -0.2) is 43.0 Å². The van der Waals surface area contributed by atoms with E-state index in [1.807, 2.05) is 0 Å². The Labute approximate surface area is 105 Å². The molecular weight excluding hydrogens is 208 g/mol. The summed E-state index contributed by atoms with van der Waals surface area (Å²) in [6.45, 7) is 5.92. The second-order valence-electron chi connectivity index (χ2n) is 5.52. The monoisotopic (exact) mass is 232 g/mol. The van der Waals surface area contributed by atoms with E-state index in [4.69, 9.17) is 0 Å². The zero-order valence-corrected chi connectivity index (χ0v) is 11.3. The summed E-state index contributed by atoms with van der Waals surface area (Å²) in [4.78, 5) is 4.96. The minimum atomic E-state index is 0.752. The predicted octanol–water partition coefficient (Wildman–Crippen LogP) is 2.46. The van der Waals surface area contributed by atoms with E-state index in [9.17, 15) is 0 Å². The van der Waals surface area contributed by atoms with Gasteiger partial charge in [-0.2, -0.15) is 0 Å². The summed E-state index contributed by atoms with van der Waals surface area (Å²) in [6, 6.07) is 11.5. The van der Waals surface area contributed by atoms with Gasteiger partial charge in [0.05, 0.1) is 0 Å². The first kappa shape index (κ1) is 12.6. The van der Waals surface area contributed by atoms with Crippen molar-refractivity contribution >= 4 is 0 Å². The van der Waals surface area contributed by atoms with Gasteiger partial charge in [0.15, 0.2) is 0 Å². The zero-order chi connectivity index (χ0) is 12.3. The van der Waals surface area contributed by atoms with Crippen molar-refractivity contribution in [3.63, 3.8) is 0 Å². The molecule has 2 atom stereocenters. The minimum absolute atomic E-state index is 0.752. The van der Waals surface area contributed by atoms with Crippen LogP contribution in [0.1, 0.15) is 18.9 Å². The highest BCUT2D eigenvalue weighted by atomic mass is 15.2. The fraction of sp³-hybridized carbons (Fsp3) is 0.600. The normalized spacial score (nSPS) is 26.4. The molecule has 1 saturated heterocycles. The van der Waals surface area contributed by atoms with Gasteiger partial charge in [0, 0.05) is 19.1 Å². The van der Waals surface area contributed by atoms with Crippen molar-refractivity contribution in [1.29, 1.82) is 0 Å². The average molecular weight is 232 g/mol. The number of benzene rings is 1. The Kier molecular flexibility index (Phi) is 4.19. The first-order chi connectivity index (χ1) is 8.16. The van der Waals surface area contributed by atoms with Crippen LogP contribution >= 0.6 is 0 Å². The molecule has 94 valence electrons. The van der Waals surface area contributed by atoms with Gasteiger partial charge in [-0.3, -0.25) is 4.90 Å². The van der Waals surface area contributed by atoms with Crippen LogP contribution in [0.25, 0.3) is 0 Å². The number of rotatable bonds is 3. The van der Waals surface area contributed by atoms with Crippen molar-refractivity contribution in [2.24, 2.45) is 5.92 Å². The zero-order valence-electron chi connectivity index (χ0n) is 11.3. The van der Waals surface area contributed by atoms with E-state index >= 15 is 0 Å². The van der Waals surface area contributed by atoms with Crippen LogP contribution in [0.5, 0.6) is 0 Å². The van der Waals surface area contributed by atoms with Crippen molar-refractivity contribution in [2.45, 2.75) is 25.9 Å². The van der Waals surface area contributed by atoms with E-state index in [1.165, 1.54) is 25.1 Å². The van der Waals surface area contributed by atoms with Crippen molar-refractivity contribution in [3.05, 3.63) is 35.9 Å². The predicted molar refractivity (Wildman–Crippen MR) is 73.0 cm³/mol. The molecule has 0 N–H and O–H groups in total. The van der Waals surface area contributed by atoms with Crippen LogP contribution in [0.3, 0.4) is 0 Å². The Bertz CT molecular complexity index is 334. The fourth-order valence-corrected chi connectivity index (χ4v) is 2.97. The van der Waals surface area contributed by atoms with Crippen molar-refractivity contribution in [1.82, 2.24) is 9.80 Å². The fourth-order valence-electron chi connectivity index (χ4n) is 2.97. The molecule has 1 aromatic carbocycles. The molecule has 0 spiro atoms. The molecule has 0 radical (unpaired) electrons. The van der Waals surface area contributed by atoms with Gasteiger partial charge in [-0.25, -0.2) is 0 Å². The lowest BCUT2D eigenvalue weighted by molar-refractivity contribution is 0.0898. The number of piperidine rings is 1. The summed E-state index contributed by atoms with van der Waals surface area (Å²) < 4.78 is 0. The van der Waals surface area contributed by atoms with Crippen molar-refractivity contribution in [2.75, 3.05) is 27.2 Å². The third-order valence-corrected chi connectivity index (χ3v) is 3.86. The molecule has 0 amide bonds. The molecule has 0 bridgehead atoms. The molecule has 0 aliphatic carbocycles. The van der Waals surface area contributed by atoms with E-state index in [-0.39, 0.29) is 0 Å². The first-order valence-corrected chi connectivity index (χ1v) is 6.59. The number of hydrogen-bond acceptors (Lipinski definition) is 2. The topological polar surface area (TPSA) is 6.48 Å². The maximum atomic E-state index is 2.58. The molecule has 17 heavy (non-hydrogen) atoms. The van der Waals surface area contributed by atoms with Crippen LogP contribution in [0.4, 0.5) is 0 Å². The van der Waals surface area contributed by atoms with Crippen LogP contribution in [0.15, 0.2) is 30.3 Å². The Balaban J connectivity index is 1.90. The lowest BCUT2D eigenvalue weighted by Crippen LogP contribution is -2.47. The van der Waals surface area contributed by atoms with Gasteiger partial charge < -0.3 is 4.90 Å². The second-order valence-corrected chi connectivity index (χ2v) is 5.52. The van der Waals surface area contributed by atoms with Gasteiger partial charge >= 0.3 is 0 Å². The minimum Gasteiger partial charge on any atom is -0.306 e. The maximum Gasteiger partial charge on any atom is 0.0233 e. The summed E-state index contributed by atoms with van der Waals surface area (Å²) in [6.07, 6.45) is 1.29. The Morgan fingerprint density at radius 1 is 1.24 bits per heavy atom. The molecule has 0 aromatic heterocycles. The van der Waals surface area contributed by atoms with E-state index < -0.39 is 0 Å². The summed E-state index contributed by atoms with van der Waals surface area (Å²) in [5.74, 6) is 0.766. The highest BCUT2D eigenvalue weighted by Crippen LogP contribution is 2.21. The number of nitrogens with zero attached hydrogens (tertiary/aromatic N) is 2. The number of likely N-dealkylation sites (tertiary alicyclic amines) is 1. The summed E-state index contributed by atoms with van der Waals surface area (Å²) >= 11 is 0. The van der Waals surface area contributed by atoms with Gasteiger partial charge in [-0.05, 0) is 38.5 Å². The standard InChI is InChI=1S/C15H24N2/c1-13-11-17(10-9-15(13)16(2)3)12-14-7-5-4-6-8-14/h4-8,13,15H,9-12H2,1-3H3/t13-,15+/m1/s1. The maximum absolute atomic E-state index is 2.58. The molecule has 1 aliphatic rings. The molecule has 0 saturated carbocycles. The first-order valence-electron chi connectivity index (χ1n) is 6.59. The van der Waals surface area contributed by atoms with Gasteiger partial charge in [0.2, 0.25) is 0 Å². The molecule has 1 aliphatic heterocycles. The third kappa shape index (κ3) is 3.30. The quantitative estimate of drug-likeness (QED) is 0.790. The Morgan fingerprint density at radius 2 is 1.94 bits per heavy atom. The molecule has 1 aromatic rings. The second kappa shape index (κ2) is 5.65.